The van der Waals surface area contributed by atoms with E-state index in [-0.39, 0.29) is 28.6 Å². The molecule has 0 aromatic carbocycles. The van der Waals surface area contributed by atoms with E-state index in [4.69, 9.17) is 33.8 Å². The number of terminal acetylenes is 2. The number of anilines is 2. The van der Waals surface area contributed by atoms with Crippen LogP contribution in [0.15, 0.2) is 28.0 Å². The number of aliphatic hydroxyl groups excluding tert-OH is 4. The van der Waals surface area contributed by atoms with Crippen LogP contribution in [0.2, 0.25) is 0 Å². The fourth-order valence-corrected chi connectivity index (χ4v) is 5.63. The fourth-order valence-electron chi connectivity index (χ4n) is 5.63. The molecule has 12 N–H and O–H groups in total. The first kappa shape index (κ1) is 33.5. The van der Waals surface area contributed by atoms with E-state index in [9.17, 15) is 44.6 Å². The fraction of sp³-hybridized carbons (Fsp3) is 0.429. The molecule has 2 fully saturated rings. The molecule has 0 spiro atoms. The number of ether oxygens (including phenoxy) is 2. The molecule has 2 aliphatic rings. The Kier molecular flexibility index (Phi) is 8.39. The normalized spacial score (nSPS) is 31.6. The molecule has 6 rings (SSSR count). The second kappa shape index (κ2) is 11.8. The molecule has 2 saturated heterocycles. The lowest BCUT2D eigenvalue weighted by atomic mass is 9.93. The van der Waals surface area contributed by atoms with Crippen LogP contribution in [0.3, 0.4) is 0 Å². The molecule has 2 aliphatic heterocycles. The summed E-state index contributed by atoms with van der Waals surface area (Å²) in [6.45, 7) is 2.74. The largest absolute Gasteiger partial charge is 0.391 e. The first-order valence-electron chi connectivity index (χ1n) is 13.9. The van der Waals surface area contributed by atoms with Gasteiger partial charge in [0, 0.05) is 12.4 Å². The minimum atomic E-state index is -2.28. The minimum Gasteiger partial charge on any atom is -0.391 e. The van der Waals surface area contributed by atoms with E-state index < -0.39 is 82.6 Å². The number of halogens is 1. The number of fused-ring (bicyclic) bond motifs is 2. The molecule has 19 heteroatoms. The number of aliphatic hydroxyl groups is 6. The first-order chi connectivity index (χ1) is 22.0. The van der Waals surface area contributed by atoms with Crippen molar-refractivity contribution < 1.29 is 44.5 Å². The van der Waals surface area contributed by atoms with Crippen LogP contribution in [0, 0.1) is 30.5 Å². The van der Waals surface area contributed by atoms with Crippen molar-refractivity contribution in [3.63, 3.8) is 0 Å². The standard InChI is InChI=1S/C14H15FN4O5.C14H16N4O5/c1-3-14(23)9(21)8(5(2)20)24-12(14)19-4-6(15)7-10(19)17-13(16)18-11(7)22;1-3-14(22)9(20)8(6(2)19)23-12(14)18-5-4-7-10(18)16-13(15)17-11(7)21/h1,4-5,8-9,12,20-21,23H,2H3,(H3,16,17,18,22);1,4-6,8-9,12,19-20,22H,2H3,(H3,15,16,17,21)/t5-,8-,9+,12-,14?;6-,8-,9+,12-,14?/m11/s1. The van der Waals surface area contributed by atoms with E-state index in [2.05, 4.69) is 25.9 Å². The Balaban J connectivity index is 0.000000185. The second-order valence-electron chi connectivity index (χ2n) is 11.2. The quantitative estimate of drug-likeness (QED) is 0.0965. The topological polar surface area (TPSA) is 293 Å². The summed E-state index contributed by atoms with van der Waals surface area (Å²) in [5.41, 5.74) is 5.28. The van der Waals surface area contributed by atoms with Gasteiger partial charge < -0.3 is 56.1 Å². The molecule has 0 bridgehead atoms. The van der Waals surface area contributed by atoms with E-state index in [1.54, 1.807) is 0 Å². The summed E-state index contributed by atoms with van der Waals surface area (Å²) < 4.78 is 27.4. The number of H-pyrrole nitrogens is 2. The Bertz CT molecular complexity index is 2040. The van der Waals surface area contributed by atoms with Gasteiger partial charge in [0.1, 0.15) is 29.8 Å². The number of nitrogen functional groups attached to an aromatic ring is 2. The summed E-state index contributed by atoms with van der Waals surface area (Å²) in [5.74, 6) is 2.80. The van der Waals surface area contributed by atoms with Crippen molar-refractivity contribution >= 4 is 34.0 Å². The second-order valence-corrected chi connectivity index (χ2v) is 11.2. The lowest BCUT2D eigenvalue weighted by Gasteiger charge is -2.26. The van der Waals surface area contributed by atoms with Crippen LogP contribution in [-0.4, -0.2) is 108 Å². The van der Waals surface area contributed by atoms with E-state index in [1.165, 1.54) is 30.7 Å². The Morgan fingerprint density at radius 1 is 0.915 bits per heavy atom. The number of nitrogens with zero attached hydrogens (tertiary/aromatic N) is 4. The van der Waals surface area contributed by atoms with Gasteiger partial charge in [-0.2, -0.15) is 9.97 Å². The van der Waals surface area contributed by atoms with Gasteiger partial charge in [0.15, 0.2) is 40.8 Å². The van der Waals surface area contributed by atoms with Gasteiger partial charge in [-0.1, -0.05) is 11.8 Å². The zero-order valence-corrected chi connectivity index (χ0v) is 24.6. The zero-order valence-electron chi connectivity index (χ0n) is 24.6. The molecule has 0 radical (unpaired) electrons. The van der Waals surface area contributed by atoms with Gasteiger partial charge in [-0.15, -0.1) is 12.8 Å². The van der Waals surface area contributed by atoms with Crippen molar-refractivity contribution in [2.24, 2.45) is 0 Å². The van der Waals surface area contributed by atoms with Gasteiger partial charge >= 0.3 is 0 Å². The molecule has 4 aromatic rings. The first-order valence-corrected chi connectivity index (χ1v) is 13.9. The third kappa shape index (κ3) is 5.20. The monoisotopic (exact) mass is 658 g/mol. The van der Waals surface area contributed by atoms with E-state index in [1.807, 2.05) is 5.92 Å². The number of aromatic amines is 2. The average Bonchev–Trinajstić information content (AvgIpc) is 3.71. The van der Waals surface area contributed by atoms with Gasteiger partial charge in [0.25, 0.3) is 11.1 Å². The summed E-state index contributed by atoms with van der Waals surface area (Å²) in [6, 6.07) is 1.46. The molecule has 18 nitrogen and oxygen atoms in total. The molecular formula is C28H31FN8O10. The molecule has 47 heavy (non-hydrogen) atoms. The summed E-state index contributed by atoms with van der Waals surface area (Å²) in [5, 5.41) is 60.9. The summed E-state index contributed by atoms with van der Waals surface area (Å²) in [6.07, 6.45) is 2.53. The molecule has 250 valence electrons. The number of rotatable bonds is 4. The van der Waals surface area contributed by atoms with Crippen molar-refractivity contribution in [1.29, 1.82) is 0 Å². The lowest BCUT2D eigenvalue weighted by molar-refractivity contribution is -0.0846. The molecule has 0 aliphatic carbocycles. The van der Waals surface area contributed by atoms with Crippen LogP contribution < -0.4 is 22.6 Å². The number of nitrogens with one attached hydrogen (secondary N) is 2. The highest BCUT2D eigenvalue weighted by molar-refractivity contribution is 5.77. The molecule has 10 atom stereocenters. The van der Waals surface area contributed by atoms with Gasteiger partial charge in [-0.25, -0.2) is 4.39 Å². The van der Waals surface area contributed by atoms with Crippen LogP contribution in [0.4, 0.5) is 16.3 Å². The van der Waals surface area contributed by atoms with E-state index in [0.29, 0.717) is 0 Å². The van der Waals surface area contributed by atoms with Gasteiger partial charge in [0.2, 0.25) is 11.9 Å². The average molecular weight is 659 g/mol. The van der Waals surface area contributed by atoms with Crippen LogP contribution in [0.5, 0.6) is 0 Å². The maximum absolute atomic E-state index is 14.1. The Labute approximate surface area is 263 Å². The van der Waals surface area contributed by atoms with E-state index in [0.717, 1.165) is 10.8 Å². The molecule has 0 saturated carbocycles. The summed E-state index contributed by atoms with van der Waals surface area (Å²) >= 11 is 0. The number of hydrogen-bond acceptors (Lipinski definition) is 14. The molecule has 0 amide bonds. The lowest BCUT2D eigenvalue weighted by Crippen LogP contribution is -2.47. The van der Waals surface area contributed by atoms with Crippen molar-refractivity contribution in [1.82, 2.24) is 29.1 Å². The number of aromatic nitrogens is 6. The SMILES string of the molecule is C#CC1(O)[C@@H](O)[C@@H]([C@@H](C)O)O[C@H]1n1cc(F)c2c(=O)[nH]c(N)nc21.C#CC1(O)[C@@H](O)[C@@H]([C@@H](C)O)O[C@H]1n1ccc2c(=O)[nH]c(N)nc21. The highest BCUT2D eigenvalue weighted by Crippen LogP contribution is 2.42. The summed E-state index contributed by atoms with van der Waals surface area (Å²) in [4.78, 5) is 36.1. The number of nitrogens with two attached hydrogens (primary N) is 2. The Hall–Kier alpha value is -4.83. The van der Waals surface area contributed by atoms with Crippen molar-refractivity contribution in [3.05, 3.63) is 45.0 Å². The van der Waals surface area contributed by atoms with Crippen LogP contribution in [-0.2, 0) is 9.47 Å². The highest BCUT2D eigenvalue weighted by Gasteiger charge is 2.58. The molecule has 4 aromatic heterocycles. The Morgan fingerprint density at radius 3 is 1.87 bits per heavy atom. The van der Waals surface area contributed by atoms with Crippen LogP contribution in [0.1, 0.15) is 26.3 Å². The minimum absolute atomic E-state index is 0.114. The third-order valence-corrected chi connectivity index (χ3v) is 8.02. The highest BCUT2D eigenvalue weighted by atomic mass is 19.1. The number of hydrogen-bond donors (Lipinski definition) is 10. The predicted octanol–water partition coefficient (Wildman–Crippen LogP) is -3.24. The zero-order chi connectivity index (χ0) is 34.7. The van der Waals surface area contributed by atoms with Gasteiger partial charge in [-0.05, 0) is 19.9 Å². The Morgan fingerprint density at radius 2 is 1.38 bits per heavy atom. The van der Waals surface area contributed by atoms with Gasteiger partial charge in [0.05, 0.1) is 17.6 Å². The smallest absolute Gasteiger partial charge is 0.264 e. The van der Waals surface area contributed by atoms with Gasteiger partial charge in [-0.3, -0.25) is 24.1 Å². The third-order valence-electron chi connectivity index (χ3n) is 8.02. The predicted molar refractivity (Wildman–Crippen MR) is 160 cm³/mol. The maximum Gasteiger partial charge on any atom is 0.264 e. The van der Waals surface area contributed by atoms with Crippen molar-refractivity contribution in [3.8, 4) is 24.7 Å². The summed E-state index contributed by atoms with van der Waals surface area (Å²) in [7, 11) is 0. The van der Waals surface area contributed by atoms with Crippen LogP contribution >= 0.6 is 0 Å². The van der Waals surface area contributed by atoms with Crippen LogP contribution in [0.25, 0.3) is 22.1 Å². The molecule has 6 heterocycles. The van der Waals surface area contributed by atoms with E-state index >= 15 is 0 Å². The van der Waals surface area contributed by atoms with Crippen molar-refractivity contribution in [2.45, 2.75) is 74.1 Å². The molecular weight excluding hydrogens is 627 g/mol. The van der Waals surface area contributed by atoms with Crippen molar-refractivity contribution in [2.75, 3.05) is 11.5 Å². The maximum atomic E-state index is 14.1. The molecule has 2 unspecified atom stereocenters.